The van der Waals surface area contributed by atoms with E-state index in [0.717, 1.165) is 13.0 Å². The molecule has 1 aliphatic heterocycles. The Balaban J connectivity index is 2.44. The fourth-order valence-corrected chi connectivity index (χ4v) is 1.92. The first kappa shape index (κ1) is 8.19. The first-order chi connectivity index (χ1) is 6.31. The quantitative estimate of drug-likeness (QED) is 0.541. The number of benzene rings is 1. The Morgan fingerprint density at radius 2 is 2.23 bits per heavy atom. The van der Waals surface area contributed by atoms with Crippen molar-refractivity contribution < 1.29 is 0 Å². The topological polar surface area (TPSA) is 3.24 Å². The summed E-state index contributed by atoms with van der Waals surface area (Å²) in [6, 6.07) is 11.1. The van der Waals surface area contributed by atoms with Gasteiger partial charge in [0.2, 0.25) is 0 Å². The predicted octanol–water partition coefficient (Wildman–Crippen LogP) is 2.28. The molecular formula is C12H13N. The van der Waals surface area contributed by atoms with Crippen molar-refractivity contribution in [2.45, 2.75) is 13.3 Å². The van der Waals surface area contributed by atoms with Crippen LogP contribution in [0.4, 0.5) is 5.69 Å². The van der Waals surface area contributed by atoms with E-state index in [9.17, 15) is 0 Å². The second kappa shape index (κ2) is 3.14. The van der Waals surface area contributed by atoms with E-state index in [-0.39, 0.29) is 0 Å². The second-order valence-electron chi connectivity index (χ2n) is 3.68. The van der Waals surface area contributed by atoms with Crippen LogP contribution >= 0.6 is 0 Å². The lowest BCUT2D eigenvalue weighted by Gasteiger charge is -2.30. The maximum atomic E-state index is 5.46. The Hall–Kier alpha value is -1.42. The molecule has 0 aliphatic carbocycles. The van der Waals surface area contributed by atoms with Gasteiger partial charge in [-0.2, -0.15) is 0 Å². The minimum atomic E-state index is 0.658. The van der Waals surface area contributed by atoms with Crippen molar-refractivity contribution in [1.82, 2.24) is 0 Å². The van der Waals surface area contributed by atoms with Crippen LogP contribution in [0.1, 0.15) is 12.5 Å². The van der Waals surface area contributed by atoms with Gasteiger partial charge in [-0.05, 0) is 24.0 Å². The van der Waals surface area contributed by atoms with Gasteiger partial charge in [-0.3, -0.25) is 0 Å². The molecule has 1 unspecified atom stereocenters. The highest BCUT2D eigenvalue weighted by atomic mass is 15.1. The molecule has 1 heterocycles. The van der Waals surface area contributed by atoms with E-state index in [1.807, 2.05) is 11.0 Å². The molecule has 0 bridgehead atoms. The molecule has 2 rings (SSSR count). The monoisotopic (exact) mass is 171 g/mol. The van der Waals surface area contributed by atoms with Gasteiger partial charge in [-0.25, -0.2) is 0 Å². The molecule has 1 atom stereocenters. The molecule has 0 radical (unpaired) electrons. The summed E-state index contributed by atoms with van der Waals surface area (Å²) in [5.41, 5.74) is 2.59. The maximum absolute atomic E-state index is 5.46. The van der Waals surface area contributed by atoms with Crippen LogP contribution in [-0.2, 0) is 6.42 Å². The lowest BCUT2D eigenvalue weighted by molar-refractivity contribution is 0.564. The van der Waals surface area contributed by atoms with E-state index in [2.05, 4.69) is 31.2 Å². The van der Waals surface area contributed by atoms with Gasteiger partial charge in [0, 0.05) is 12.6 Å². The van der Waals surface area contributed by atoms with Crippen LogP contribution in [0.25, 0.3) is 0 Å². The maximum Gasteiger partial charge on any atom is 0.0521 e. The number of rotatable bonds is 0. The lowest BCUT2D eigenvalue weighted by Crippen LogP contribution is -2.30. The van der Waals surface area contributed by atoms with E-state index in [0.29, 0.717) is 5.92 Å². The summed E-state index contributed by atoms with van der Waals surface area (Å²) in [6.45, 7) is 3.22. The average molecular weight is 171 g/mol. The van der Waals surface area contributed by atoms with Crippen molar-refractivity contribution in [3.63, 3.8) is 0 Å². The lowest BCUT2D eigenvalue weighted by atomic mass is 9.94. The Labute approximate surface area is 79.4 Å². The van der Waals surface area contributed by atoms with Crippen LogP contribution in [0, 0.1) is 18.4 Å². The van der Waals surface area contributed by atoms with E-state index in [1.165, 1.54) is 11.3 Å². The van der Waals surface area contributed by atoms with Crippen LogP contribution in [0.2, 0.25) is 0 Å². The molecule has 0 N–H and O–H groups in total. The molecule has 66 valence electrons. The van der Waals surface area contributed by atoms with Gasteiger partial charge in [0.05, 0.1) is 5.69 Å². The molecular weight excluding hydrogens is 158 g/mol. The van der Waals surface area contributed by atoms with Crippen LogP contribution < -0.4 is 4.90 Å². The molecule has 1 heteroatoms. The van der Waals surface area contributed by atoms with Crippen molar-refractivity contribution in [1.29, 1.82) is 0 Å². The van der Waals surface area contributed by atoms with E-state index in [1.54, 1.807) is 0 Å². The van der Waals surface area contributed by atoms with Gasteiger partial charge < -0.3 is 4.90 Å². The van der Waals surface area contributed by atoms with Crippen LogP contribution in [0.15, 0.2) is 24.3 Å². The highest BCUT2D eigenvalue weighted by Gasteiger charge is 2.19. The summed E-state index contributed by atoms with van der Waals surface area (Å²) < 4.78 is 0. The third kappa shape index (κ3) is 1.40. The molecule has 1 nitrogen and oxygen atoms in total. The Kier molecular flexibility index (Phi) is 1.98. The largest absolute Gasteiger partial charge is 0.301 e. The molecule has 1 aliphatic rings. The van der Waals surface area contributed by atoms with Crippen molar-refractivity contribution in [3.8, 4) is 12.5 Å². The van der Waals surface area contributed by atoms with Crippen LogP contribution in [0.3, 0.4) is 0 Å². The fourth-order valence-electron chi connectivity index (χ4n) is 1.92. The summed E-state index contributed by atoms with van der Waals surface area (Å²) in [5.74, 6) is 0.658. The third-order valence-corrected chi connectivity index (χ3v) is 2.50. The van der Waals surface area contributed by atoms with Gasteiger partial charge in [-0.1, -0.05) is 31.5 Å². The minimum absolute atomic E-state index is 0.658. The molecule has 0 spiro atoms. The van der Waals surface area contributed by atoms with Gasteiger partial charge in [-0.15, -0.1) is 0 Å². The standard InChI is InChI=1S/C12H13N/c1-3-13-9-10(2)8-11-6-4-5-7-12(11)13/h1,4-7,10H,8-9H2,2H3. The number of para-hydroxylation sites is 1. The SMILES string of the molecule is C#CN1CC(C)Cc2ccccc21. The fraction of sp³-hybridized carbons (Fsp3) is 0.333. The van der Waals surface area contributed by atoms with Crippen molar-refractivity contribution >= 4 is 5.69 Å². The van der Waals surface area contributed by atoms with E-state index < -0.39 is 0 Å². The molecule has 0 saturated heterocycles. The molecule has 1 aromatic carbocycles. The normalized spacial score (nSPS) is 20.6. The minimum Gasteiger partial charge on any atom is -0.301 e. The number of nitrogens with zero attached hydrogens (tertiary/aromatic N) is 1. The average Bonchev–Trinajstić information content (AvgIpc) is 2.16. The highest BCUT2D eigenvalue weighted by Crippen LogP contribution is 2.28. The van der Waals surface area contributed by atoms with Gasteiger partial charge in [0.1, 0.15) is 0 Å². The predicted molar refractivity (Wildman–Crippen MR) is 55.5 cm³/mol. The summed E-state index contributed by atoms with van der Waals surface area (Å²) in [4.78, 5) is 2.00. The number of anilines is 1. The number of fused-ring (bicyclic) bond motifs is 1. The zero-order valence-corrected chi connectivity index (χ0v) is 7.83. The third-order valence-electron chi connectivity index (χ3n) is 2.50. The Bertz CT molecular complexity index is 348. The van der Waals surface area contributed by atoms with Crippen molar-refractivity contribution in [2.24, 2.45) is 5.92 Å². The molecule has 0 saturated carbocycles. The Morgan fingerprint density at radius 3 is 3.00 bits per heavy atom. The van der Waals surface area contributed by atoms with E-state index >= 15 is 0 Å². The molecule has 0 fully saturated rings. The summed E-state index contributed by atoms with van der Waals surface area (Å²) in [6.07, 6.45) is 6.60. The van der Waals surface area contributed by atoms with Crippen molar-refractivity contribution in [2.75, 3.05) is 11.4 Å². The van der Waals surface area contributed by atoms with Crippen molar-refractivity contribution in [3.05, 3.63) is 29.8 Å². The first-order valence-electron chi connectivity index (χ1n) is 4.63. The second-order valence-corrected chi connectivity index (χ2v) is 3.68. The zero-order valence-electron chi connectivity index (χ0n) is 7.83. The zero-order chi connectivity index (χ0) is 9.26. The number of terminal acetylenes is 1. The number of hydrogen-bond acceptors (Lipinski definition) is 1. The Morgan fingerprint density at radius 1 is 1.46 bits per heavy atom. The van der Waals surface area contributed by atoms with Crippen LogP contribution in [0.5, 0.6) is 0 Å². The first-order valence-corrected chi connectivity index (χ1v) is 4.63. The summed E-state index contributed by atoms with van der Waals surface area (Å²) in [7, 11) is 0. The molecule has 13 heavy (non-hydrogen) atoms. The highest BCUT2D eigenvalue weighted by molar-refractivity contribution is 5.59. The van der Waals surface area contributed by atoms with Gasteiger partial charge in [0.15, 0.2) is 0 Å². The molecule has 0 amide bonds. The molecule has 1 aromatic rings. The van der Waals surface area contributed by atoms with Gasteiger partial charge in [0.25, 0.3) is 0 Å². The smallest absolute Gasteiger partial charge is 0.0521 e. The van der Waals surface area contributed by atoms with E-state index in [4.69, 9.17) is 6.42 Å². The van der Waals surface area contributed by atoms with Gasteiger partial charge >= 0.3 is 0 Å². The number of hydrogen-bond donors (Lipinski definition) is 0. The summed E-state index contributed by atoms with van der Waals surface area (Å²) in [5, 5.41) is 0. The molecule has 0 aromatic heterocycles. The summed E-state index contributed by atoms with van der Waals surface area (Å²) >= 11 is 0. The van der Waals surface area contributed by atoms with Crippen LogP contribution in [-0.4, -0.2) is 6.54 Å².